The predicted molar refractivity (Wildman–Crippen MR) is 86.1 cm³/mol. The van der Waals surface area contributed by atoms with Crippen LogP contribution in [0.3, 0.4) is 0 Å². The van der Waals surface area contributed by atoms with Crippen LogP contribution in [-0.4, -0.2) is 26.0 Å². The first kappa shape index (κ1) is 7.77. The summed E-state index contributed by atoms with van der Waals surface area (Å²) in [6.45, 7) is -10.9. The van der Waals surface area contributed by atoms with Gasteiger partial charge in [0.2, 0.25) is 0 Å². The summed E-state index contributed by atoms with van der Waals surface area (Å²) in [7, 11) is 0. The maximum Gasteiger partial charge on any atom is 0.138 e. The van der Waals surface area contributed by atoms with Gasteiger partial charge in [0.05, 0.1) is 5.70 Å². The average Bonchev–Trinajstić information content (AvgIpc) is 3.04. The average molecular weight is 335 g/mol. The van der Waals surface area contributed by atoms with Gasteiger partial charge in [-0.3, -0.25) is 0 Å². The van der Waals surface area contributed by atoms with E-state index in [4.69, 9.17) is 35.5 Å². The first-order valence-electron chi connectivity index (χ1n) is 10.2. The molecule has 0 spiro atoms. The molecule has 2 aromatic rings. The Hall–Kier alpha value is -1.36. The molecule has 0 bridgehead atoms. The molecule has 0 radical (unpaired) electrons. The smallest absolute Gasteiger partial charge is 0.138 e. The van der Waals surface area contributed by atoms with Crippen molar-refractivity contribution in [1.29, 1.82) is 0 Å². The quantitative estimate of drug-likeness (QED) is 0.923. The number of aromatic nitrogens is 3. The second kappa shape index (κ2) is 6.18. The van der Waals surface area contributed by atoms with Crippen molar-refractivity contribution in [2.75, 3.05) is 0 Å². The molecule has 0 saturated heterocycles. The van der Waals surface area contributed by atoms with Crippen molar-refractivity contribution >= 4 is 35.0 Å². The number of benzene rings is 1. The zero-order valence-electron chi connectivity index (χ0n) is 19.6. The van der Waals surface area contributed by atoms with E-state index in [0.29, 0.717) is 5.02 Å². The van der Waals surface area contributed by atoms with Crippen LogP contribution in [0.2, 0.25) is 10.0 Å². The van der Waals surface area contributed by atoms with E-state index in [2.05, 4.69) is 10.1 Å². The Bertz CT molecular complexity index is 885. The van der Waals surface area contributed by atoms with Crippen LogP contribution in [0.15, 0.2) is 30.9 Å². The van der Waals surface area contributed by atoms with Crippen LogP contribution in [0.25, 0.3) is 11.8 Å². The fraction of sp³-hybridized carbons (Fsp3) is 0.333. The number of rotatable bonds is 3. The van der Waals surface area contributed by atoms with Gasteiger partial charge in [-0.25, -0.2) is 9.67 Å². The zero-order valence-corrected chi connectivity index (χ0v) is 12.1. The summed E-state index contributed by atoms with van der Waals surface area (Å²) in [5.74, 6) is 0. The topological polar surface area (TPSA) is 50.9 Å². The minimum atomic E-state index is -3.62. The van der Waals surface area contributed by atoms with Crippen LogP contribution in [-0.2, 0) is 0 Å². The molecule has 0 fully saturated rings. The molecule has 2 rings (SSSR count). The van der Waals surface area contributed by atoms with Gasteiger partial charge < -0.3 is 5.11 Å². The highest BCUT2D eigenvalue weighted by molar-refractivity contribution is 6.35. The van der Waals surface area contributed by atoms with E-state index in [-0.39, 0.29) is 10.6 Å². The van der Waals surface area contributed by atoms with E-state index in [1.807, 2.05) is 0 Å². The Kier molecular flexibility index (Phi) is 2.29. The molecule has 0 amide bonds. The van der Waals surface area contributed by atoms with Crippen molar-refractivity contribution in [1.82, 2.24) is 14.8 Å². The van der Waals surface area contributed by atoms with Crippen LogP contribution in [0, 0.1) is 5.41 Å². The number of aliphatic hydroxyl groups is 1. The van der Waals surface area contributed by atoms with Gasteiger partial charge in [-0.05, 0) is 29.2 Å². The fourth-order valence-corrected chi connectivity index (χ4v) is 2.07. The second-order valence-electron chi connectivity index (χ2n) is 4.29. The molecule has 21 heavy (non-hydrogen) atoms. The van der Waals surface area contributed by atoms with Crippen LogP contribution in [0.1, 0.15) is 38.5 Å². The molecule has 4 nitrogen and oxygen atoms in total. The lowest BCUT2D eigenvalue weighted by Gasteiger charge is -2.28. The lowest BCUT2D eigenvalue weighted by Crippen LogP contribution is -2.29. The van der Waals surface area contributed by atoms with Gasteiger partial charge in [-0.2, -0.15) is 5.10 Å². The van der Waals surface area contributed by atoms with Gasteiger partial charge >= 0.3 is 0 Å². The maximum atomic E-state index is 11.1. The zero-order chi connectivity index (χ0) is 23.1. The third-order valence-electron chi connectivity index (χ3n) is 2.64. The maximum absolute atomic E-state index is 11.1. The molecule has 6 heteroatoms. The molecular formula is C15H17Cl2N3O. The number of halogens is 2. The molecule has 1 atom stereocenters. The van der Waals surface area contributed by atoms with E-state index in [9.17, 15) is 5.11 Å². The SMILES string of the molecule is [2H]C([2H])([2H])C(C(O)/C(=C\c1ccc(Cl)cc1Cl)n1cncn1)(C([2H])([2H])[2H])C([2H])([2H])[2H]. The van der Waals surface area contributed by atoms with Crippen LogP contribution < -0.4 is 0 Å². The van der Waals surface area contributed by atoms with Crippen molar-refractivity contribution in [2.24, 2.45) is 5.41 Å². The summed E-state index contributed by atoms with van der Waals surface area (Å²) in [5.41, 5.74) is -3.79. The van der Waals surface area contributed by atoms with Crippen LogP contribution in [0.5, 0.6) is 0 Å². The largest absolute Gasteiger partial charge is 0.386 e. The Morgan fingerprint density at radius 3 is 2.76 bits per heavy atom. The molecule has 0 aliphatic rings. The number of aliphatic hydroxyl groups excluding tert-OH is 1. The van der Waals surface area contributed by atoms with Gasteiger partial charge in [0.1, 0.15) is 18.8 Å². The number of hydrogen-bond acceptors (Lipinski definition) is 3. The van der Waals surface area contributed by atoms with E-state index in [0.717, 1.165) is 23.4 Å². The highest BCUT2D eigenvalue weighted by Gasteiger charge is 2.27. The summed E-state index contributed by atoms with van der Waals surface area (Å²) in [6, 6.07) is 4.25. The first-order chi connectivity index (χ1) is 13.5. The van der Waals surface area contributed by atoms with E-state index >= 15 is 0 Å². The number of nitrogens with zero attached hydrogens (tertiary/aromatic N) is 3. The molecule has 112 valence electrons. The monoisotopic (exact) mass is 334 g/mol. The molecule has 1 aromatic carbocycles. The summed E-state index contributed by atoms with van der Waals surface area (Å²) in [6.07, 6.45) is 0.697. The molecule has 1 heterocycles. The fourth-order valence-electron chi connectivity index (χ4n) is 1.61. The van der Waals surface area contributed by atoms with Crippen LogP contribution >= 0.6 is 23.2 Å². The van der Waals surface area contributed by atoms with Gasteiger partial charge in [0, 0.05) is 22.4 Å². The Balaban J connectivity index is 2.87. The third-order valence-corrected chi connectivity index (χ3v) is 3.20. The van der Waals surface area contributed by atoms with E-state index < -0.39 is 37.8 Å². The lowest BCUT2D eigenvalue weighted by atomic mass is 9.86. The molecule has 0 aliphatic carbocycles. The highest BCUT2D eigenvalue weighted by Crippen LogP contribution is 2.30. The second-order valence-corrected chi connectivity index (χ2v) is 5.13. The van der Waals surface area contributed by atoms with E-state index in [1.165, 1.54) is 18.2 Å². The van der Waals surface area contributed by atoms with Crippen molar-refractivity contribution < 1.29 is 17.4 Å². The third kappa shape index (κ3) is 3.84. The van der Waals surface area contributed by atoms with Gasteiger partial charge in [-0.1, -0.05) is 49.8 Å². The van der Waals surface area contributed by atoms with Gasteiger partial charge in [0.25, 0.3) is 0 Å². The minimum Gasteiger partial charge on any atom is -0.386 e. The molecule has 1 aromatic heterocycles. The molecule has 1 unspecified atom stereocenters. The number of hydrogen-bond donors (Lipinski definition) is 1. The van der Waals surface area contributed by atoms with Gasteiger partial charge in [0.15, 0.2) is 0 Å². The summed E-state index contributed by atoms with van der Waals surface area (Å²) >= 11 is 12.0. The van der Waals surface area contributed by atoms with Gasteiger partial charge in [-0.15, -0.1) is 0 Å². The molecule has 0 saturated carbocycles. The summed E-state index contributed by atoms with van der Waals surface area (Å²) in [5, 5.41) is 15.3. The van der Waals surface area contributed by atoms with Crippen molar-refractivity contribution in [2.45, 2.75) is 26.7 Å². The normalized spacial score (nSPS) is 22.4. The molecular weight excluding hydrogens is 309 g/mol. The standard InChI is InChI=1S/C15H17Cl2N3O/c1-15(2,3)14(21)13(20-9-18-8-19-20)6-10-4-5-11(16)7-12(10)17/h4-9,14,21H,1-3H3/b13-6+/i1D3,2D3,3D3. The lowest BCUT2D eigenvalue weighted by molar-refractivity contribution is 0.109. The Morgan fingerprint density at radius 2 is 2.19 bits per heavy atom. The summed E-state index contributed by atoms with van der Waals surface area (Å²) in [4.78, 5) is 3.70. The molecule has 1 N–H and O–H groups in total. The highest BCUT2D eigenvalue weighted by atomic mass is 35.5. The van der Waals surface area contributed by atoms with E-state index in [1.54, 1.807) is 0 Å². The first-order valence-corrected chi connectivity index (χ1v) is 6.49. The molecule has 0 aliphatic heterocycles. The van der Waals surface area contributed by atoms with Crippen molar-refractivity contribution in [3.8, 4) is 0 Å². The van der Waals surface area contributed by atoms with Crippen molar-refractivity contribution in [3.63, 3.8) is 0 Å². The van der Waals surface area contributed by atoms with Crippen molar-refractivity contribution in [3.05, 3.63) is 46.5 Å². The van der Waals surface area contributed by atoms with Crippen LogP contribution in [0.4, 0.5) is 0 Å². The Morgan fingerprint density at radius 1 is 1.43 bits per heavy atom. The predicted octanol–water partition coefficient (Wildman–Crippen LogP) is 3.99. The minimum absolute atomic E-state index is 0.0922. The Labute approximate surface area is 146 Å². The summed E-state index contributed by atoms with van der Waals surface area (Å²) < 4.78 is 70.9.